The lowest BCUT2D eigenvalue weighted by Gasteiger charge is -2.32. The van der Waals surface area contributed by atoms with E-state index in [9.17, 15) is 13.2 Å². The van der Waals surface area contributed by atoms with Crippen LogP contribution in [-0.2, 0) is 14.8 Å². The topological polar surface area (TPSA) is 103 Å². The van der Waals surface area contributed by atoms with E-state index in [1.807, 2.05) is 6.92 Å². The van der Waals surface area contributed by atoms with Crippen molar-refractivity contribution in [3.8, 4) is 0 Å². The van der Waals surface area contributed by atoms with Crippen LogP contribution in [0.4, 0.5) is 4.79 Å². The highest BCUT2D eigenvalue weighted by Gasteiger charge is 2.27. The largest absolute Gasteiger partial charge is 0.450 e. The van der Waals surface area contributed by atoms with Crippen LogP contribution in [0.3, 0.4) is 0 Å². The normalized spacial score (nSPS) is 20.8. The standard InChI is InChI=1S/C16H31N5O4S.HI/c1-3-17-15(18-8-12-21-9-5-13-26(21,23)24)19-14-6-10-20(11-7-14)16(22)25-4-2;/h14H,3-13H2,1-2H3,(H2,17,18,19);1H. The zero-order valence-electron chi connectivity index (χ0n) is 16.1. The van der Waals surface area contributed by atoms with E-state index < -0.39 is 10.0 Å². The maximum absolute atomic E-state index is 11.8. The number of piperidine rings is 1. The highest BCUT2D eigenvalue weighted by Crippen LogP contribution is 2.13. The number of hydrogen-bond donors (Lipinski definition) is 2. The molecule has 27 heavy (non-hydrogen) atoms. The van der Waals surface area contributed by atoms with Crippen molar-refractivity contribution in [2.24, 2.45) is 4.99 Å². The molecule has 0 unspecified atom stereocenters. The van der Waals surface area contributed by atoms with Crippen LogP contribution in [0.2, 0.25) is 0 Å². The minimum atomic E-state index is -3.07. The van der Waals surface area contributed by atoms with Crippen LogP contribution in [-0.4, -0.2) is 87.3 Å². The molecule has 0 spiro atoms. The average Bonchev–Trinajstić information content (AvgIpc) is 2.94. The summed E-state index contributed by atoms with van der Waals surface area (Å²) in [5, 5.41) is 6.58. The van der Waals surface area contributed by atoms with Crippen LogP contribution in [0.15, 0.2) is 4.99 Å². The zero-order valence-corrected chi connectivity index (χ0v) is 19.3. The Morgan fingerprint density at radius 2 is 1.93 bits per heavy atom. The summed E-state index contributed by atoms with van der Waals surface area (Å²) in [5.74, 6) is 0.937. The Bertz CT molecular complexity index is 594. The average molecular weight is 517 g/mol. The fourth-order valence-corrected chi connectivity index (χ4v) is 4.67. The summed E-state index contributed by atoms with van der Waals surface area (Å²) in [4.78, 5) is 18.0. The number of carbonyl (C=O) groups is 1. The van der Waals surface area contributed by atoms with E-state index in [0.29, 0.717) is 51.7 Å². The summed E-state index contributed by atoms with van der Waals surface area (Å²) in [5.41, 5.74) is 0. The quantitative estimate of drug-likeness (QED) is 0.307. The third kappa shape index (κ3) is 7.60. The summed E-state index contributed by atoms with van der Waals surface area (Å²) >= 11 is 0. The Morgan fingerprint density at radius 3 is 2.48 bits per heavy atom. The monoisotopic (exact) mass is 517 g/mol. The van der Waals surface area contributed by atoms with Gasteiger partial charge in [0, 0.05) is 38.8 Å². The highest BCUT2D eigenvalue weighted by atomic mass is 127. The maximum Gasteiger partial charge on any atom is 0.409 e. The number of nitrogens with zero attached hydrogens (tertiary/aromatic N) is 3. The van der Waals surface area contributed by atoms with Gasteiger partial charge in [-0.15, -0.1) is 24.0 Å². The lowest BCUT2D eigenvalue weighted by atomic mass is 10.1. The molecule has 0 aromatic heterocycles. The van der Waals surface area contributed by atoms with Gasteiger partial charge in [-0.3, -0.25) is 4.99 Å². The second kappa shape index (κ2) is 11.9. The number of guanidine groups is 1. The molecule has 0 aromatic carbocycles. The van der Waals surface area contributed by atoms with Crippen LogP contribution in [0.5, 0.6) is 0 Å². The van der Waals surface area contributed by atoms with Gasteiger partial charge in [-0.05, 0) is 33.1 Å². The number of nitrogens with one attached hydrogen (secondary N) is 2. The fourth-order valence-electron chi connectivity index (χ4n) is 3.15. The number of aliphatic imine (C=N–C) groups is 1. The predicted octanol–water partition coefficient (Wildman–Crippen LogP) is 0.816. The van der Waals surface area contributed by atoms with E-state index in [2.05, 4.69) is 15.6 Å². The Kier molecular flexibility index (Phi) is 10.7. The Labute approximate surface area is 179 Å². The van der Waals surface area contributed by atoms with E-state index in [1.54, 1.807) is 11.8 Å². The number of sulfonamides is 1. The summed E-state index contributed by atoms with van der Waals surface area (Å²) in [6, 6.07) is 0.231. The van der Waals surface area contributed by atoms with Crippen molar-refractivity contribution in [1.29, 1.82) is 0 Å². The van der Waals surface area contributed by atoms with Gasteiger partial charge in [-0.25, -0.2) is 17.5 Å². The molecule has 2 heterocycles. The molecule has 0 aliphatic carbocycles. The summed E-state index contributed by atoms with van der Waals surface area (Å²) in [6.45, 7) is 7.66. The SMILES string of the molecule is CCNC(=NCCN1CCCS1(=O)=O)NC1CCN(C(=O)OCC)CC1.I. The van der Waals surface area contributed by atoms with Crippen LogP contribution in [0, 0.1) is 0 Å². The second-order valence-corrected chi connectivity index (χ2v) is 8.52. The van der Waals surface area contributed by atoms with Gasteiger partial charge in [0.25, 0.3) is 0 Å². The molecule has 2 saturated heterocycles. The highest BCUT2D eigenvalue weighted by molar-refractivity contribution is 14.0. The molecule has 0 atom stereocenters. The third-order valence-corrected chi connectivity index (χ3v) is 6.49. The van der Waals surface area contributed by atoms with Gasteiger partial charge in [-0.1, -0.05) is 0 Å². The van der Waals surface area contributed by atoms with Crippen LogP contribution >= 0.6 is 24.0 Å². The number of likely N-dealkylation sites (tertiary alicyclic amines) is 1. The van der Waals surface area contributed by atoms with Gasteiger partial charge in [-0.2, -0.15) is 0 Å². The summed E-state index contributed by atoms with van der Waals surface area (Å²) in [6.07, 6.45) is 2.09. The van der Waals surface area contributed by atoms with Crippen molar-refractivity contribution in [2.75, 3.05) is 51.6 Å². The predicted molar refractivity (Wildman–Crippen MR) is 116 cm³/mol. The lowest BCUT2D eigenvalue weighted by molar-refractivity contribution is 0.0963. The number of carbonyl (C=O) groups excluding carboxylic acids is 1. The molecular weight excluding hydrogens is 485 g/mol. The van der Waals surface area contributed by atoms with Crippen molar-refractivity contribution in [2.45, 2.75) is 39.2 Å². The van der Waals surface area contributed by atoms with Gasteiger partial charge in [0.1, 0.15) is 0 Å². The number of ether oxygens (including phenoxy) is 1. The van der Waals surface area contributed by atoms with Gasteiger partial charge < -0.3 is 20.3 Å². The van der Waals surface area contributed by atoms with Crippen molar-refractivity contribution in [3.63, 3.8) is 0 Å². The van der Waals surface area contributed by atoms with E-state index in [4.69, 9.17) is 4.74 Å². The third-order valence-electron chi connectivity index (χ3n) is 4.53. The van der Waals surface area contributed by atoms with Crippen molar-refractivity contribution in [3.05, 3.63) is 0 Å². The number of halogens is 1. The molecule has 0 bridgehead atoms. The van der Waals surface area contributed by atoms with E-state index in [-0.39, 0.29) is 41.9 Å². The minimum absolute atomic E-state index is 0. The summed E-state index contributed by atoms with van der Waals surface area (Å²) in [7, 11) is -3.07. The molecule has 1 amide bonds. The Balaban J connectivity index is 0.00000364. The fraction of sp³-hybridized carbons (Fsp3) is 0.875. The van der Waals surface area contributed by atoms with Crippen molar-refractivity contribution < 1.29 is 17.9 Å². The second-order valence-electron chi connectivity index (χ2n) is 6.43. The molecule has 9 nitrogen and oxygen atoms in total. The first-order chi connectivity index (χ1) is 12.5. The smallest absolute Gasteiger partial charge is 0.409 e. The Hall–Kier alpha value is -0.820. The maximum atomic E-state index is 11.8. The first kappa shape index (κ1) is 24.2. The molecule has 0 aromatic rings. The first-order valence-corrected chi connectivity index (χ1v) is 11.0. The molecule has 2 rings (SSSR count). The van der Waals surface area contributed by atoms with Crippen LogP contribution in [0.1, 0.15) is 33.1 Å². The first-order valence-electron chi connectivity index (χ1n) is 9.40. The molecule has 11 heteroatoms. The zero-order chi connectivity index (χ0) is 19.0. The molecule has 0 radical (unpaired) electrons. The van der Waals surface area contributed by atoms with Crippen molar-refractivity contribution in [1.82, 2.24) is 19.8 Å². The van der Waals surface area contributed by atoms with Gasteiger partial charge in [0.15, 0.2) is 5.96 Å². The van der Waals surface area contributed by atoms with Crippen molar-refractivity contribution >= 4 is 46.1 Å². The number of hydrogen-bond acceptors (Lipinski definition) is 5. The molecule has 0 saturated carbocycles. The number of amides is 1. The van der Waals surface area contributed by atoms with Gasteiger partial charge >= 0.3 is 6.09 Å². The molecule has 158 valence electrons. The van der Waals surface area contributed by atoms with E-state index in [0.717, 1.165) is 19.4 Å². The lowest BCUT2D eigenvalue weighted by Crippen LogP contribution is -2.50. The van der Waals surface area contributed by atoms with Gasteiger partial charge in [0.2, 0.25) is 10.0 Å². The Morgan fingerprint density at radius 1 is 1.22 bits per heavy atom. The summed E-state index contributed by atoms with van der Waals surface area (Å²) < 4.78 is 30.2. The number of rotatable bonds is 6. The molecule has 2 fully saturated rings. The van der Waals surface area contributed by atoms with E-state index >= 15 is 0 Å². The van der Waals surface area contributed by atoms with Gasteiger partial charge in [0.05, 0.1) is 18.9 Å². The molecule has 2 N–H and O–H groups in total. The van der Waals surface area contributed by atoms with Crippen LogP contribution in [0.25, 0.3) is 0 Å². The van der Waals surface area contributed by atoms with Crippen LogP contribution < -0.4 is 10.6 Å². The molecular formula is C16H32IN5O4S. The van der Waals surface area contributed by atoms with E-state index in [1.165, 1.54) is 4.31 Å². The molecule has 2 aliphatic rings. The molecule has 2 aliphatic heterocycles. The minimum Gasteiger partial charge on any atom is -0.450 e.